The number of fused-ring (bicyclic) bond motifs is 1. The maximum atomic E-state index is 13.0. The van der Waals surface area contributed by atoms with E-state index in [1.165, 1.54) is 13.3 Å². The van der Waals surface area contributed by atoms with Crippen molar-refractivity contribution >= 4 is 34.4 Å². The highest BCUT2D eigenvalue weighted by molar-refractivity contribution is 6.33. The summed E-state index contributed by atoms with van der Waals surface area (Å²) in [4.78, 5) is 35.9. The molecule has 2 N–H and O–H groups in total. The van der Waals surface area contributed by atoms with Crippen molar-refractivity contribution in [2.45, 2.75) is 19.4 Å². The summed E-state index contributed by atoms with van der Waals surface area (Å²) in [6, 6.07) is 5.31. The molecule has 2 amide bonds. The molecule has 0 spiro atoms. The predicted molar refractivity (Wildman–Crippen MR) is 132 cm³/mol. The number of likely N-dealkylation sites (tertiary alicyclic amines) is 1. The number of aryl methyl sites for hydroxylation is 1. The van der Waals surface area contributed by atoms with E-state index >= 15 is 0 Å². The molecule has 11 nitrogen and oxygen atoms in total. The second kappa shape index (κ2) is 9.94. The van der Waals surface area contributed by atoms with Crippen molar-refractivity contribution in [1.29, 1.82) is 0 Å². The molecule has 0 aliphatic carbocycles. The third-order valence-electron chi connectivity index (χ3n) is 6.37. The topological polar surface area (TPSA) is 131 Å². The molecule has 36 heavy (non-hydrogen) atoms. The van der Waals surface area contributed by atoms with Crippen molar-refractivity contribution < 1.29 is 14.3 Å². The Bertz CT molecular complexity index is 1420. The molecule has 186 valence electrons. The summed E-state index contributed by atoms with van der Waals surface area (Å²) in [7, 11) is 3.36. The van der Waals surface area contributed by atoms with Crippen LogP contribution in [0.2, 0.25) is 5.02 Å². The normalized spacial score (nSPS) is 14.2. The van der Waals surface area contributed by atoms with E-state index in [-0.39, 0.29) is 17.7 Å². The van der Waals surface area contributed by atoms with E-state index in [9.17, 15) is 9.59 Å². The Hall–Kier alpha value is -3.99. The second-order valence-corrected chi connectivity index (χ2v) is 9.09. The van der Waals surface area contributed by atoms with Gasteiger partial charge >= 0.3 is 0 Å². The average Bonchev–Trinajstić information content (AvgIpc) is 3.54. The van der Waals surface area contributed by atoms with Gasteiger partial charge in [0.1, 0.15) is 5.69 Å². The van der Waals surface area contributed by atoms with Gasteiger partial charge in [-0.1, -0.05) is 11.6 Å². The van der Waals surface area contributed by atoms with Crippen molar-refractivity contribution in [3.63, 3.8) is 0 Å². The Kier molecular flexibility index (Phi) is 6.55. The highest BCUT2D eigenvalue weighted by Crippen LogP contribution is 2.29. The summed E-state index contributed by atoms with van der Waals surface area (Å²) in [5.74, 6) is 0.0724. The van der Waals surface area contributed by atoms with Crippen LogP contribution in [0.4, 0.5) is 0 Å². The first kappa shape index (κ1) is 23.7. The number of nitrogens with zero attached hydrogens (tertiary/aromatic N) is 6. The van der Waals surface area contributed by atoms with Gasteiger partial charge in [0.25, 0.3) is 5.91 Å². The van der Waals surface area contributed by atoms with E-state index in [1.807, 2.05) is 13.1 Å². The zero-order valence-electron chi connectivity index (χ0n) is 19.9. The molecule has 0 atom stereocenters. The fourth-order valence-electron chi connectivity index (χ4n) is 4.33. The van der Waals surface area contributed by atoms with Crippen molar-refractivity contribution in [3.8, 4) is 17.1 Å². The van der Waals surface area contributed by atoms with E-state index in [4.69, 9.17) is 16.3 Å². The molecular formula is C24H25ClN8O3. The van der Waals surface area contributed by atoms with Gasteiger partial charge in [-0.15, -0.1) is 0 Å². The quantitative estimate of drug-likeness (QED) is 0.409. The number of rotatable bonds is 6. The fraction of sp³-hybridized carbons (Fsp3) is 0.333. The molecule has 4 aromatic rings. The highest BCUT2D eigenvalue weighted by atomic mass is 35.5. The molecule has 0 aromatic carbocycles. The lowest BCUT2D eigenvalue weighted by Crippen LogP contribution is -2.43. The lowest BCUT2D eigenvalue weighted by atomic mass is 9.95. The van der Waals surface area contributed by atoms with Crippen LogP contribution in [0.25, 0.3) is 22.3 Å². The van der Waals surface area contributed by atoms with Crippen LogP contribution in [0.1, 0.15) is 28.9 Å². The lowest BCUT2D eigenvalue weighted by Gasteiger charge is -2.31. The second-order valence-electron chi connectivity index (χ2n) is 8.68. The van der Waals surface area contributed by atoms with Crippen molar-refractivity contribution in [3.05, 3.63) is 53.1 Å². The van der Waals surface area contributed by atoms with Gasteiger partial charge in [-0.3, -0.25) is 19.4 Å². The van der Waals surface area contributed by atoms with E-state index in [2.05, 4.69) is 30.6 Å². The minimum absolute atomic E-state index is 0.0153. The average molecular weight is 509 g/mol. The van der Waals surface area contributed by atoms with E-state index in [0.717, 1.165) is 16.6 Å². The molecule has 1 fully saturated rings. The Morgan fingerprint density at radius 1 is 1.17 bits per heavy atom. The van der Waals surface area contributed by atoms with Crippen LogP contribution in [-0.4, -0.2) is 66.9 Å². The highest BCUT2D eigenvalue weighted by Gasteiger charge is 2.28. The van der Waals surface area contributed by atoms with Gasteiger partial charge in [0, 0.05) is 55.8 Å². The fourth-order valence-corrected chi connectivity index (χ4v) is 4.53. The van der Waals surface area contributed by atoms with Crippen molar-refractivity contribution in [2.24, 2.45) is 13.0 Å². The van der Waals surface area contributed by atoms with Gasteiger partial charge in [-0.2, -0.15) is 10.2 Å². The predicted octanol–water partition coefficient (Wildman–Crippen LogP) is 2.58. The summed E-state index contributed by atoms with van der Waals surface area (Å²) in [5.41, 5.74) is 3.22. The molecule has 0 radical (unpaired) electrons. The third-order valence-corrected chi connectivity index (χ3v) is 6.67. The number of nitrogens with one attached hydrogen (secondary N) is 2. The van der Waals surface area contributed by atoms with Gasteiger partial charge in [0.15, 0.2) is 5.65 Å². The van der Waals surface area contributed by atoms with Crippen LogP contribution in [0.3, 0.4) is 0 Å². The first-order valence-electron chi connectivity index (χ1n) is 11.5. The number of carbonyl (C=O) groups excluding carboxylic acids is 2. The monoisotopic (exact) mass is 508 g/mol. The van der Waals surface area contributed by atoms with E-state index in [1.54, 1.807) is 34.1 Å². The van der Waals surface area contributed by atoms with Crippen LogP contribution in [0, 0.1) is 5.92 Å². The molecule has 0 unspecified atom stereocenters. The zero-order valence-corrected chi connectivity index (χ0v) is 20.6. The number of hydrogen-bond acceptors (Lipinski definition) is 7. The number of hydrogen-bond donors (Lipinski definition) is 2. The third kappa shape index (κ3) is 4.74. The lowest BCUT2D eigenvalue weighted by molar-refractivity contribution is -0.126. The maximum Gasteiger partial charge on any atom is 0.271 e. The van der Waals surface area contributed by atoms with Gasteiger partial charge < -0.3 is 15.0 Å². The smallest absolute Gasteiger partial charge is 0.271 e. The summed E-state index contributed by atoms with van der Waals surface area (Å²) in [6.45, 7) is 1.37. The summed E-state index contributed by atoms with van der Waals surface area (Å²) in [5, 5.41) is 15.6. The van der Waals surface area contributed by atoms with Gasteiger partial charge in [0.05, 0.1) is 30.2 Å². The standard InChI is InChI=1S/C24H25ClN8O3/c1-32-22-16(12-29-32)7-14(10-27-22)11-28-23(34)15-3-5-33(6-4-15)24(35)20-9-19(30-31-20)17-8-21(36-2)26-13-18(17)25/h7-10,12-13,15H,3-6,11H2,1-2H3,(H,28,34)(H,30,31). The molecule has 5 rings (SSSR count). The SMILES string of the molecule is COc1cc(-c2cc(C(=O)N3CCC(C(=O)NCc4cnc5c(cnn5C)c4)CC3)[nH]n2)c(Cl)cn1. The number of piperidine rings is 1. The summed E-state index contributed by atoms with van der Waals surface area (Å²) < 4.78 is 6.86. The molecule has 0 bridgehead atoms. The molecule has 1 aliphatic rings. The Morgan fingerprint density at radius 2 is 1.97 bits per heavy atom. The molecule has 1 aliphatic heterocycles. The minimum atomic E-state index is -0.166. The Labute approximate surface area is 211 Å². The number of carbonyl (C=O) groups is 2. The van der Waals surface area contributed by atoms with E-state index < -0.39 is 0 Å². The minimum Gasteiger partial charge on any atom is -0.481 e. The molecule has 5 heterocycles. The van der Waals surface area contributed by atoms with Gasteiger partial charge in [-0.05, 0) is 30.5 Å². The van der Waals surface area contributed by atoms with Crippen LogP contribution in [0.15, 0.2) is 36.8 Å². The summed E-state index contributed by atoms with van der Waals surface area (Å²) in [6.07, 6.45) is 6.16. The number of aromatic nitrogens is 6. The van der Waals surface area contributed by atoms with Crippen LogP contribution < -0.4 is 10.1 Å². The number of halogens is 1. The Morgan fingerprint density at radius 3 is 2.75 bits per heavy atom. The van der Waals surface area contributed by atoms with Crippen molar-refractivity contribution in [2.75, 3.05) is 20.2 Å². The maximum absolute atomic E-state index is 13.0. The van der Waals surface area contributed by atoms with E-state index in [0.29, 0.717) is 60.3 Å². The number of H-pyrrole nitrogens is 1. The van der Waals surface area contributed by atoms with Crippen LogP contribution >= 0.6 is 11.6 Å². The van der Waals surface area contributed by atoms with Gasteiger partial charge in [-0.25, -0.2) is 9.97 Å². The number of amides is 2. The first-order valence-corrected chi connectivity index (χ1v) is 11.9. The molecular weight excluding hydrogens is 484 g/mol. The van der Waals surface area contributed by atoms with Crippen LogP contribution in [0.5, 0.6) is 5.88 Å². The Balaban J connectivity index is 1.15. The number of ether oxygens (including phenoxy) is 1. The zero-order chi connectivity index (χ0) is 25.2. The van der Waals surface area contributed by atoms with Crippen molar-refractivity contribution in [1.82, 2.24) is 40.2 Å². The molecule has 12 heteroatoms. The largest absolute Gasteiger partial charge is 0.481 e. The van der Waals surface area contributed by atoms with Gasteiger partial charge in [0.2, 0.25) is 11.8 Å². The molecule has 0 saturated carbocycles. The molecule has 4 aromatic heterocycles. The number of aromatic amines is 1. The number of methoxy groups -OCH3 is 1. The summed E-state index contributed by atoms with van der Waals surface area (Å²) >= 11 is 6.25. The number of pyridine rings is 2. The molecule has 1 saturated heterocycles. The first-order chi connectivity index (χ1) is 17.4. The van der Waals surface area contributed by atoms with Crippen LogP contribution in [-0.2, 0) is 18.4 Å².